The molecular formula is C21H33N3O. The molecule has 138 valence electrons. The van der Waals surface area contributed by atoms with Gasteiger partial charge in [-0.2, -0.15) is 0 Å². The van der Waals surface area contributed by atoms with E-state index in [1.807, 2.05) is 18.2 Å². The number of rotatable bonds is 7. The van der Waals surface area contributed by atoms with E-state index in [2.05, 4.69) is 34.3 Å². The van der Waals surface area contributed by atoms with Crippen LogP contribution >= 0.6 is 0 Å². The summed E-state index contributed by atoms with van der Waals surface area (Å²) < 4.78 is 0. The average molecular weight is 344 g/mol. The van der Waals surface area contributed by atoms with E-state index in [0.717, 1.165) is 31.7 Å². The van der Waals surface area contributed by atoms with E-state index in [1.165, 1.54) is 44.9 Å². The van der Waals surface area contributed by atoms with Crippen molar-refractivity contribution in [1.82, 2.24) is 15.1 Å². The number of benzene rings is 1. The summed E-state index contributed by atoms with van der Waals surface area (Å²) >= 11 is 0. The Morgan fingerprint density at radius 3 is 2.48 bits per heavy atom. The van der Waals surface area contributed by atoms with Gasteiger partial charge in [0.15, 0.2) is 0 Å². The maximum atomic E-state index is 12.9. The fourth-order valence-corrected chi connectivity index (χ4v) is 4.32. The van der Waals surface area contributed by atoms with Crippen molar-refractivity contribution in [3.05, 3.63) is 35.9 Å². The molecule has 0 bridgehead atoms. The van der Waals surface area contributed by atoms with Crippen molar-refractivity contribution in [1.29, 1.82) is 0 Å². The van der Waals surface area contributed by atoms with Crippen molar-refractivity contribution in [2.75, 3.05) is 33.2 Å². The third-order valence-corrected chi connectivity index (χ3v) is 5.83. The summed E-state index contributed by atoms with van der Waals surface area (Å²) in [5.74, 6) is 0.158. The Hall–Kier alpha value is -1.39. The zero-order valence-electron chi connectivity index (χ0n) is 15.6. The van der Waals surface area contributed by atoms with Crippen LogP contribution in [0.2, 0.25) is 0 Å². The normalized spacial score (nSPS) is 20.7. The Balaban J connectivity index is 1.53. The van der Waals surface area contributed by atoms with Crippen molar-refractivity contribution in [2.45, 2.75) is 57.0 Å². The zero-order chi connectivity index (χ0) is 17.5. The highest BCUT2D eigenvalue weighted by Gasteiger charge is 2.29. The summed E-state index contributed by atoms with van der Waals surface area (Å²) in [6, 6.07) is 10.8. The lowest BCUT2D eigenvalue weighted by Crippen LogP contribution is -2.43. The molecule has 25 heavy (non-hydrogen) atoms. The SMILES string of the molecule is CN(CCNC(=O)C(c1ccccc1)N1CCCC1)C1CCCCC1. The Labute approximate surface area is 152 Å². The molecule has 1 N–H and O–H groups in total. The molecule has 3 rings (SSSR count). The number of likely N-dealkylation sites (N-methyl/N-ethyl adjacent to an activating group) is 1. The van der Waals surface area contributed by atoms with Gasteiger partial charge in [-0.25, -0.2) is 0 Å². The van der Waals surface area contributed by atoms with Gasteiger partial charge in [0.05, 0.1) is 0 Å². The van der Waals surface area contributed by atoms with Gasteiger partial charge in [-0.05, 0) is 51.4 Å². The zero-order valence-corrected chi connectivity index (χ0v) is 15.6. The van der Waals surface area contributed by atoms with Gasteiger partial charge >= 0.3 is 0 Å². The predicted octanol–water partition coefficient (Wildman–Crippen LogP) is 3.20. The molecule has 1 aliphatic heterocycles. The number of hydrogen-bond donors (Lipinski definition) is 1. The third-order valence-electron chi connectivity index (χ3n) is 5.83. The molecule has 2 fully saturated rings. The molecule has 1 saturated carbocycles. The fourth-order valence-electron chi connectivity index (χ4n) is 4.32. The maximum absolute atomic E-state index is 12.9. The number of hydrogen-bond acceptors (Lipinski definition) is 3. The minimum atomic E-state index is -0.135. The highest BCUT2D eigenvalue weighted by atomic mass is 16.2. The second-order valence-corrected chi connectivity index (χ2v) is 7.62. The second-order valence-electron chi connectivity index (χ2n) is 7.62. The van der Waals surface area contributed by atoms with E-state index in [0.29, 0.717) is 6.04 Å². The van der Waals surface area contributed by atoms with Crippen molar-refractivity contribution in [3.8, 4) is 0 Å². The molecule has 4 heteroatoms. The van der Waals surface area contributed by atoms with Crippen molar-refractivity contribution >= 4 is 5.91 Å². The third kappa shape index (κ3) is 5.05. The van der Waals surface area contributed by atoms with Crippen LogP contribution in [0.1, 0.15) is 56.6 Å². The molecule has 1 amide bonds. The quantitative estimate of drug-likeness (QED) is 0.826. The highest BCUT2D eigenvalue weighted by Crippen LogP contribution is 2.25. The smallest absolute Gasteiger partial charge is 0.242 e. The summed E-state index contributed by atoms with van der Waals surface area (Å²) in [5.41, 5.74) is 1.11. The van der Waals surface area contributed by atoms with E-state index >= 15 is 0 Å². The van der Waals surface area contributed by atoms with Crippen LogP contribution in [0.4, 0.5) is 0 Å². The van der Waals surface area contributed by atoms with Gasteiger partial charge < -0.3 is 10.2 Å². The summed E-state index contributed by atoms with van der Waals surface area (Å²) in [5, 5.41) is 3.21. The van der Waals surface area contributed by atoms with Crippen LogP contribution in [0.5, 0.6) is 0 Å². The highest BCUT2D eigenvalue weighted by molar-refractivity contribution is 5.83. The second kappa shape index (κ2) is 9.35. The lowest BCUT2D eigenvalue weighted by Gasteiger charge is -2.31. The first kappa shape index (κ1) is 18.4. The molecule has 1 unspecified atom stereocenters. The van der Waals surface area contributed by atoms with Gasteiger partial charge in [-0.3, -0.25) is 9.69 Å². The van der Waals surface area contributed by atoms with E-state index in [4.69, 9.17) is 0 Å². The Morgan fingerprint density at radius 1 is 1.12 bits per heavy atom. The average Bonchev–Trinajstić information content (AvgIpc) is 3.17. The van der Waals surface area contributed by atoms with Crippen LogP contribution in [-0.2, 0) is 4.79 Å². The molecule has 1 atom stereocenters. The van der Waals surface area contributed by atoms with Crippen LogP contribution in [0, 0.1) is 0 Å². The molecule has 1 aromatic carbocycles. The van der Waals surface area contributed by atoms with E-state index < -0.39 is 0 Å². The lowest BCUT2D eigenvalue weighted by atomic mass is 9.94. The Morgan fingerprint density at radius 2 is 1.80 bits per heavy atom. The molecule has 4 nitrogen and oxygen atoms in total. The summed E-state index contributed by atoms with van der Waals surface area (Å²) in [7, 11) is 2.21. The minimum absolute atomic E-state index is 0.135. The maximum Gasteiger partial charge on any atom is 0.242 e. The number of nitrogens with one attached hydrogen (secondary N) is 1. The fraction of sp³-hybridized carbons (Fsp3) is 0.667. The number of carbonyl (C=O) groups is 1. The number of likely N-dealkylation sites (tertiary alicyclic amines) is 1. The summed E-state index contributed by atoms with van der Waals surface area (Å²) in [6.45, 7) is 3.73. The van der Waals surface area contributed by atoms with Gasteiger partial charge in [0.2, 0.25) is 5.91 Å². The molecule has 2 aliphatic rings. The van der Waals surface area contributed by atoms with Gasteiger partial charge in [0, 0.05) is 19.1 Å². The first-order valence-corrected chi connectivity index (χ1v) is 10.0. The Kier molecular flexibility index (Phi) is 6.88. The summed E-state index contributed by atoms with van der Waals surface area (Å²) in [6.07, 6.45) is 9.10. The van der Waals surface area contributed by atoms with E-state index in [9.17, 15) is 4.79 Å². The first-order valence-electron chi connectivity index (χ1n) is 10.0. The van der Waals surface area contributed by atoms with Crippen LogP contribution in [0.3, 0.4) is 0 Å². The molecule has 0 spiro atoms. The van der Waals surface area contributed by atoms with Gasteiger partial charge in [-0.15, -0.1) is 0 Å². The van der Waals surface area contributed by atoms with Crippen molar-refractivity contribution in [2.24, 2.45) is 0 Å². The van der Waals surface area contributed by atoms with Crippen LogP contribution in [0.25, 0.3) is 0 Å². The Bertz CT molecular complexity index is 521. The molecule has 0 aromatic heterocycles. The molecule has 1 heterocycles. The standard InChI is InChI=1S/C21H33N3O/c1-23(19-12-6-3-7-13-19)17-14-22-21(25)20(24-15-8-9-16-24)18-10-4-2-5-11-18/h2,4-5,10-11,19-20H,3,6-9,12-17H2,1H3,(H,22,25). The van der Waals surface area contributed by atoms with Crippen LogP contribution in [0.15, 0.2) is 30.3 Å². The minimum Gasteiger partial charge on any atom is -0.353 e. The van der Waals surface area contributed by atoms with Crippen LogP contribution < -0.4 is 5.32 Å². The molecule has 1 aromatic rings. The molecule has 1 saturated heterocycles. The van der Waals surface area contributed by atoms with Gasteiger partial charge in [0.1, 0.15) is 6.04 Å². The molecule has 1 aliphatic carbocycles. The number of carbonyl (C=O) groups excluding carboxylic acids is 1. The lowest BCUT2D eigenvalue weighted by molar-refractivity contribution is -0.126. The topological polar surface area (TPSA) is 35.6 Å². The van der Waals surface area contributed by atoms with E-state index in [-0.39, 0.29) is 11.9 Å². The first-order chi connectivity index (χ1) is 12.3. The van der Waals surface area contributed by atoms with Crippen molar-refractivity contribution in [3.63, 3.8) is 0 Å². The number of amides is 1. The van der Waals surface area contributed by atoms with Gasteiger partial charge in [-0.1, -0.05) is 49.6 Å². The van der Waals surface area contributed by atoms with Gasteiger partial charge in [0.25, 0.3) is 0 Å². The van der Waals surface area contributed by atoms with E-state index in [1.54, 1.807) is 0 Å². The molecular weight excluding hydrogens is 310 g/mol. The van der Waals surface area contributed by atoms with Crippen molar-refractivity contribution < 1.29 is 4.79 Å². The summed E-state index contributed by atoms with van der Waals surface area (Å²) in [4.78, 5) is 17.7. The number of nitrogens with zero attached hydrogens (tertiary/aromatic N) is 2. The predicted molar refractivity (Wildman–Crippen MR) is 103 cm³/mol. The monoisotopic (exact) mass is 343 g/mol. The van der Waals surface area contributed by atoms with Crippen LogP contribution in [-0.4, -0.2) is 55.0 Å². The largest absolute Gasteiger partial charge is 0.353 e. The molecule has 0 radical (unpaired) electrons.